The van der Waals surface area contributed by atoms with E-state index in [1.807, 2.05) is 0 Å². The minimum absolute atomic E-state index is 0.0472. The Morgan fingerprint density at radius 3 is 2.60 bits per heavy atom. The third-order valence-electron chi connectivity index (χ3n) is 2.80. The summed E-state index contributed by atoms with van der Waals surface area (Å²) < 4.78 is 4.94. The number of nitrogens with one attached hydrogen (secondary N) is 1. The molecule has 0 spiro atoms. The number of hydrogen-bond acceptors (Lipinski definition) is 3. The van der Waals surface area contributed by atoms with E-state index in [9.17, 15) is 9.59 Å². The SMILES string of the molecule is COCCN(CCNC(=O)c1ccccc1Cl)C(C)=O. The lowest BCUT2D eigenvalue weighted by Crippen LogP contribution is -2.39. The fraction of sp³-hybridized carbons (Fsp3) is 0.429. The molecule has 0 aliphatic rings. The first kappa shape index (κ1) is 16.5. The molecule has 0 aliphatic carbocycles. The Kier molecular flexibility index (Phi) is 7.04. The number of carbonyl (C=O) groups is 2. The molecule has 0 heterocycles. The van der Waals surface area contributed by atoms with E-state index in [0.717, 1.165) is 0 Å². The van der Waals surface area contributed by atoms with Gasteiger partial charge in [0.05, 0.1) is 17.2 Å². The molecule has 0 radical (unpaired) electrons. The molecule has 0 aliphatic heterocycles. The Labute approximate surface area is 123 Å². The number of nitrogens with zero attached hydrogens (tertiary/aromatic N) is 1. The summed E-state index contributed by atoms with van der Waals surface area (Å²) in [6.07, 6.45) is 0. The Morgan fingerprint density at radius 2 is 2.00 bits per heavy atom. The summed E-state index contributed by atoms with van der Waals surface area (Å²) in [5.74, 6) is -0.292. The van der Waals surface area contributed by atoms with E-state index in [1.54, 1.807) is 36.3 Å². The average molecular weight is 299 g/mol. The van der Waals surface area contributed by atoms with Crippen molar-refractivity contribution in [2.75, 3.05) is 33.4 Å². The molecule has 0 unspecified atom stereocenters. The molecule has 1 aromatic rings. The third kappa shape index (κ3) is 5.19. The Hall–Kier alpha value is -1.59. The van der Waals surface area contributed by atoms with Crippen LogP contribution in [0.15, 0.2) is 24.3 Å². The predicted octanol–water partition coefficient (Wildman–Crippen LogP) is 1.56. The number of methoxy groups -OCH3 is 1. The topological polar surface area (TPSA) is 58.6 Å². The van der Waals surface area contributed by atoms with Gasteiger partial charge in [-0.1, -0.05) is 23.7 Å². The van der Waals surface area contributed by atoms with Gasteiger partial charge in [0.1, 0.15) is 0 Å². The standard InChI is InChI=1S/C14H19ClN2O3/c1-11(18)17(9-10-20-2)8-7-16-14(19)12-5-3-4-6-13(12)15/h3-6H,7-10H2,1-2H3,(H,16,19). The van der Waals surface area contributed by atoms with Crippen LogP contribution in [-0.4, -0.2) is 50.1 Å². The molecule has 0 saturated carbocycles. The van der Waals surface area contributed by atoms with Crippen LogP contribution in [0.4, 0.5) is 0 Å². The molecule has 0 saturated heterocycles. The van der Waals surface area contributed by atoms with E-state index in [2.05, 4.69) is 5.32 Å². The molecule has 1 rings (SSSR count). The summed E-state index contributed by atoms with van der Waals surface area (Å²) in [4.78, 5) is 24.9. The van der Waals surface area contributed by atoms with Crippen LogP contribution in [0.1, 0.15) is 17.3 Å². The second-order valence-corrected chi connectivity index (χ2v) is 4.64. The van der Waals surface area contributed by atoms with E-state index in [4.69, 9.17) is 16.3 Å². The molecule has 1 aromatic carbocycles. The monoisotopic (exact) mass is 298 g/mol. The summed E-state index contributed by atoms with van der Waals surface area (Å²) in [5, 5.41) is 3.15. The van der Waals surface area contributed by atoms with Crippen molar-refractivity contribution in [3.8, 4) is 0 Å². The van der Waals surface area contributed by atoms with E-state index >= 15 is 0 Å². The van der Waals surface area contributed by atoms with Crippen LogP contribution in [0.25, 0.3) is 0 Å². The van der Waals surface area contributed by atoms with Gasteiger partial charge in [0.15, 0.2) is 0 Å². The fourth-order valence-corrected chi connectivity index (χ4v) is 1.89. The Bertz CT molecular complexity index is 465. The van der Waals surface area contributed by atoms with Crippen LogP contribution >= 0.6 is 11.6 Å². The largest absolute Gasteiger partial charge is 0.383 e. The lowest BCUT2D eigenvalue weighted by Gasteiger charge is -2.20. The highest BCUT2D eigenvalue weighted by atomic mass is 35.5. The number of amides is 2. The molecular formula is C14H19ClN2O3. The minimum atomic E-state index is -0.245. The van der Waals surface area contributed by atoms with Crippen molar-refractivity contribution in [2.24, 2.45) is 0 Å². The van der Waals surface area contributed by atoms with Crippen LogP contribution in [0.5, 0.6) is 0 Å². The minimum Gasteiger partial charge on any atom is -0.383 e. The number of halogens is 1. The molecule has 2 amide bonds. The molecule has 0 fully saturated rings. The van der Waals surface area contributed by atoms with Gasteiger partial charge in [-0.05, 0) is 12.1 Å². The summed E-state index contributed by atoms with van der Waals surface area (Å²) >= 11 is 5.94. The number of carbonyl (C=O) groups excluding carboxylic acids is 2. The van der Waals surface area contributed by atoms with Crippen LogP contribution in [0.2, 0.25) is 5.02 Å². The maximum Gasteiger partial charge on any atom is 0.252 e. The first-order chi connectivity index (χ1) is 9.56. The number of benzene rings is 1. The summed E-state index contributed by atoms with van der Waals surface area (Å²) in [6.45, 7) is 3.28. The summed E-state index contributed by atoms with van der Waals surface area (Å²) in [6, 6.07) is 6.84. The van der Waals surface area contributed by atoms with Gasteiger partial charge >= 0.3 is 0 Å². The highest BCUT2D eigenvalue weighted by molar-refractivity contribution is 6.33. The molecule has 20 heavy (non-hydrogen) atoms. The quantitative estimate of drug-likeness (QED) is 0.831. The second-order valence-electron chi connectivity index (χ2n) is 4.23. The van der Waals surface area contributed by atoms with Crippen LogP contribution < -0.4 is 5.32 Å². The van der Waals surface area contributed by atoms with Gasteiger partial charge in [-0.25, -0.2) is 0 Å². The Balaban J connectivity index is 2.44. The van der Waals surface area contributed by atoms with E-state index < -0.39 is 0 Å². The van der Waals surface area contributed by atoms with E-state index in [1.165, 1.54) is 6.92 Å². The maximum atomic E-state index is 11.9. The first-order valence-electron chi connectivity index (χ1n) is 6.33. The molecule has 0 aromatic heterocycles. The van der Waals surface area contributed by atoms with Crippen molar-refractivity contribution in [1.29, 1.82) is 0 Å². The van der Waals surface area contributed by atoms with Gasteiger partial charge < -0.3 is 15.0 Å². The highest BCUT2D eigenvalue weighted by Crippen LogP contribution is 2.14. The summed E-state index contributed by atoms with van der Waals surface area (Å²) in [7, 11) is 1.58. The number of ether oxygens (including phenoxy) is 1. The molecule has 5 nitrogen and oxygen atoms in total. The van der Waals surface area contributed by atoms with Crippen molar-refractivity contribution in [2.45, 2.75) is 6.92 Å². The van der Waals surface area contributed by atoms with Gasteiger partial charge in [-0.2, -0.15) is 0 Å². The van der Waals surface area contributed by atoms with Crippen LogP contribution in [-0.2, 0) is 9.53 Å². The molecule has 0 atom stereocenters. The average Bonchev–Trinajstić information content (AvgIpc) is 2.42. The van der Waals surface area contributed by atoms with Crippen molar-refractivity contribution < 1.29 is 14.3 Å². The van der Waals surface area contributed by atoms with Crippen molar-refractivity contribution >= 4 is 23.4 Å². The van der Waals surface area contributed by atoms with Gasteiger partial charge in [-0.15, -0.1) is 0 Å². The zero-order valence-corrected chi connectivity index (χ0v) is 12.4. The van der Waals surface area contributed by atoms with Crippen molar-refractivity contribution in [1.82, 2.24) is 10.2 Å². The molecule has 110 valence electrons. The maximum absolute atomic E-state index is 11.9. The van der Waals surface area contributed by atoms with Crippen molar-refractivity contribution in [3.05, 3.63) is 34.9 Å². The molecule has 1 N–H and O–H groups in total. The molecular weight excluding hydrogens is 280 g/mol. The normalized spacial score (nSPS) is 10.2. The van der Waals surface area contributed by atoms with Gasteiger partial charge in [0.2, 0.25) is 5.91 Å². The second kappa shape index (κ2) is 8.55. The third-order valence-corrected chi connectivity index (χ3v) is 3.13. The number of rotatable bonds is 7. The van der Waals surface area contributed by atoms with E-state index in [0.29, 0.717) is 36.8 Å². The predicted molar refractivity (Wildman–Crippen MR) is 77.9 cm³/mol. The van der Waals surface area contributed by atoms with Crippen LogP contribution in [0, 0.1) is 0 Å². The van der Waals surface area contributed by atoms with Crippen LogP contribution in [0.3, 0.4) is 0 Å². The fourth-order valence-electron chi connectivity index (χ4n) is 1.67. The van der Waals surface area contributed by atoms with Gasteiger partial charge in [0, 0.05) is 33.7 Å². The highest BCUT2D eigenvalue weighted by Gasteiger charge is 2.11. The summed E-state index contributed by atoms with van der Waals surface area (Å²) in [5.41, 5.74) is 0.431. The Morgan fingerprint density at radius 1 is 1.30 bits per heavy atom. The molecule has 6 heteroatoms. The smallest absolute Gasteiger partial charge is 0.252 e. The molecule has 0 bridgehead atoms. The number of hydrogen-bond donors (Lipinski definition) is 1. The van der Waals surface area contributed by atoms with Crippen molar-refractivity contribution in [3.63, 3.8) is 0 Å². The van der Waals surface area contributed by atoms with Gasteiger partial charge in [-0.3, -0.25) is 9.59 Å². The van der Waals surface area contributed by atoms with Gasteiger partial charge in [0.25, 0.3) is 5.91 Å². The first-order valence-corrected chi connectivity index (χ1v) is 6.71. The zero-order valence-electron chi connectivity index (χ0n) is 11.7. The lowest BCUT2D eigenvalue weighted by molar-refractivity contribution is -0.129. The van der Waals surface area contributed by atoms with E-state index in [-0.39, 0.29) is 11.8 Å². The zero-order chi connectivity index (χ0) is 15.0. The lowest BCUT2D eigenvalue weighted by atomic mass is 10.2.